The predicted molar refractivity (Wildman–Crippen MR) is 101 cm³/mol. The van der Waals surface area contributed by atoms with Gasteiger partial charge in [0.2, 0.25) is 0 Å². The van der Waals surface area contributed by atoms with Crippen LogP contribution in [0.2, 0.25) is 0 Å². The minimum Gasteiger partial charge on any atom is -0.497 e. The molecule has 2 heterocycles. The Balaban J connectivity index is 1.76. The molecule has 0 unspecified atom stereocenters. The number of amides is 1. The maximum atomic E-state index is 12.6. The highest BCUT2D eigenvalue weighted by Gasteiger charge is 2.29. The second kappa shape index (κ2) is 6.34. The molecule has 1 aliphatic rings. The third-order valence-electron chi connectivity index (χ3n) is 4.04. The van der Waals surface area contributed by atoms with Gasteiger partial charge in [0.05, 0.1) is 7.11 Å². The first-order chi connectivity index (χ1) is 12.2. The number of carbonyl (C=O) groups excluding carboxylic acids is 1. The van der Waals surface area contributed by atoms with Crippen LogP contribution in [0, 0.1) is 3.95 Å². The van der Waals surface area contributed by atoms with Crippen molar-refractivity contribution >= 4 is 35.3 Å². The summed E-state index contributed by atoms with van der Waals surface area (Å²) in [6, 6.07) is 17.4. The number of ether oxygens (including phenoxy) is 1. The summed E-state index contributed by atoms with van der Waals surface area (Å²) in [4.78, 5) is 13.2. The molecule has 0 spiro atoms. The van der Waals surface area contributed by atoms with E-state index in [9.17, 15) is 4.79 Å². The van der Waals surface area contributed by atoms with Gasteiger partial charge < -0.3 is 15.4 Å². The molecule has 1 atom stereocenters. The van der Waals surface area contributed by atoms with Crippen LogP contribution in [-0.2, 0) is 0 Å². The van der Waals surface area contributed by atoms with E-state index >= 15 is 0 Å². The molecule has 2 N–H and O–H groups in total. The number of anilines is 1. The van der Waals surface area contributed by atoms with Crippen LogP contribution in [0.5, 0.6) is 5.75 Å². The number of nitrogens with one attached hydrogen (secondary N) is 2. The van der Waals surface area contributed by atoms with E-state index in [1.807, 2.05) is 59.2 Å². The fourth-order valence-electron chi connectivity index (χ4n) is 2.80. The number of para-hydroxylation sites is 1. The van der Waals surface area contributed by atoms with Crippen LogP contribution in [0.1, 0.15) is 21.4 Å². The van der Waals surface area contributed by atoms with E-state index in [-0.39, 0.29) is 12.1 Å². The Kier molecular flexibility index (Phi) is 4.03. The number of fused-ring (bicyclic) bond motifs is 1. The molecule has 0 saturated heterocycles. The summed E-state index contributed by atoms with van der Waals surface area (Å²) < 4.78 is 7.73. The molecule has 0 radical (unpaired) electrons. The summed E-state index contributed by atoms with van der Waals surface area (Å²) in [7, 11) is 1.63. The molecule has 1 amide bonds. The van der Waals surface area contributed by atoms with E-state index in [4.69, 9.17) is 17.0 Å². The number of methoxy groups -OCH3 is 1. The normalized spacial score (nSPS) is 15.9. The van der Waals surface area contributed by atoms with Crippen molar-refractivity contribution in [2.24, 2.45) is 0 Å². The molecule has 7 heteroatoms. The lowest BCUT2D eigenvalue weighted by Crippen LogP contribution is -2.38. The number of nitrogens with zero attached hydrogens (tertiary/aromatic N) is 1. The highest BCUT2D eigenvalue weighted by atomic mass is 32.1. The Morgan fingerprint density at radius 1 is 1.08 bits per heavy atom. The topological polar surface area (TPSA) is 55.3 Å². The standard InChI is InChI=1S/C18H15N3O2S2/c1-23-13-9-7-11(8-10-13)15-19-16-14(17(22)20-15)25-18(24)21(16)12-5-3-2-4-6-12/h2-10,15,19H,1H3,(H,20,22)/t15-/m1/s1. The van der Waals surface area contributed by atoms with Crippen molar-refractivity contribution in [1.29, 1.82) is 0 Å². The second-order valence-corrected chi connectivity index (χ2v) is 7.18. The summed E-state index contributed by atoms with van der Waals surface area (Å²) in [6.07, 6.45) is -0.329. The Hall–Kier alpha value is -2.64. The largest absolute Gasteiger partial charge is 0.497 e. The first kappa shape index (κ1) is 15.9. The molecule has 5 nitrogen and oxygen atoms in total. The van der Waals surface area contributed by atoms with Crippen LogP contribution in [0.15, 0.2) is 54.6 Å². The van der Waals surface area contributed by atoms with Crippen LogP contribution < -0.4 is 15.4 Å². The molecule has 1 aliphatic heterocycles. The SMILES string of the molecule is COc1ccc([C@H]2NC(=O)c3sc(=S)n(-c4ccccc4)c3N2)cc1. The van der Waals surface area contributed by atoms with E-state index in [1.54, 1.807) is 7.11 Å². The van der Waals surface area contributed by atoms with Crippen LogP contribution in [0.3, 0.4) is 0 Å². The molecule has 0 fully saturated rings. The molecule has 0 bridgehead atoms. The lowest BCUT2D eigenvalue weighted by Gasteiger charge is -2.27. The Bertz CT molecular complexity index is 978. The number of hydrogen-bond acceptors (Lipinski definition) is 5. The van der Waals surface area contributed by atoms with E-state index < -0.39 is 0 Å². The smallest absolute Gasteiger partial charge is 0.267 e. The first-order valence-corrected chi connectivity index (χ1v) is 8.92. The van der Waals surface area contributed by atoms with Crippen LogP contribution in [0.4, 0.5) is 5.82 Å². The van der Waals surface area contributed by atoms with Crippen molar-refractivity contribution in [3.05, 3.63) is 69.0 Å². The van der Waals surface area contributed by atoms with E-state index in [1.165, 1.54) is 11.3 Å². The van der Waals surface area contributed by atoms with Gasteiger partial charge >= 0.3 is 0 Å². The van der Waals surface area contributed by atoms with Crippen LogP contribution in [0.25, 0.3) is 5.69 Å². The Morgan fingerprint density at radius 2 is 1.80 bits per heavy atom. The molecule has 25 heavy (non-hydrogen) atoms. The summed E-state index contributed by atoms with van der Waals surface area (Å²) in [6.45, 7) is 0. The molecule has 0 aliphatic carbocycles. The molecule has 0 saturated carbocycles. The fourth-order valence-corrected chi connectivity index (χ4v) is 4.11. The van der Waals surface area contributed by atoms with Gasteiger partial charge in [-0.3, -0.25) is 9.36 Å². The average molecular weight is 369 g/mol. The molecule has 3 aromatic rings. The number of thiazole rings is 1. The van der Waals surface area contributed by atoms with Gasteiger partial charge in [0, 0.05) is 5.69 Å². The molecular formula is C18H15N3O2S2. The van der Waals surface area contributed by atoms with Crippen LogP contribution >= 0.6 is 23.6 Å². The van der Waals surface area contributed by atoms with Crippen molar-refractivity contribution in [1.82, 2.24) is 9.88 Å². The van der Waals surface area contributed by atoms with Crippen LogP contribution in [-0.4, -0.2) is 17.6 Å². The van der Waals surface area contributed by atoms with Gasteiger partial charge in [-0.05, 0) is 42.0 Å². The third kappa shape index (κ3) is 2.81. The fraction of sp³-hybridized carbons (Fsp3) is 0.111. The number of hydrogen-bond donors (Lipinski definition) is 2. The first-order valence-electron chi connectivity index (χ1n) is 7.70. The quantitative estimate of drug-likeness (QED) is 0.682. The zero-order valence-electron chi connectivity index (χ0n) is 13.4. The van der Waals surface area contributed by atoms with Gasteiger partial charge in [-0.1, -0.05) is 41.7 Å². The summed E-state index contributed by atoms with van der Waals surface area (Å²) in [5.74, 6) is 1.38. The minimum absolute atomic E-state index is 0.125. The van der Waals surface area contributed by atoms with Gasteiger partial charge in [0.1, 0.15) is 22.6 Å². The van der Waals surface area contributed by atoms with Crippen molar-refractivity contribution in [3.63, 3.8) is 0 Å². The van der Waals surface area contributed by atoms with Crippen molar-refractivity contribution in [3.8, 4) is 11.4 Å². The van der Waals surface area contributed by atoms with E-state index in [0.29, 0.717) is 8.83 Å². The molecular weight excluding hydrogens is 354 g/mol. The lowest BCUT2D eigenvalue weighted by atomic mass is 10.1. The minimum atomic E-state index is -0.329. The number of benzene rings is 2. The van der Waals surface area contributed by atoms with Crippen molar-refractivity contribution < 1.29 is 9.53 Å². The summed E-state index contributed by atoms with van der Waals surface area (Å²) >= 11 is 6.80. The lowest BCUT2D eigenvalue weighted by molar-refractivity contribution is 0.0939. The third-order valence-corrected chi connectivity index (χ3v) is 5.41. The second-order valence-electron chi connectivity index (χ2n) is 5.54. The Labute approximate surface area is 153 Å². The summed E-state index contributed by atoms with van der Waals surface area (Å²) in [5.41, 5.74) is 1.87. The Morgan fingerprint density at radius 3 is 2.48 bits per heavy atom. The van der Waals surface area contributed by atoms with E-state index in [0.717, 1.165) is 22.8 Å². The molecule has 126 valence electrons. The van der Waals surface area contributed by atoms with E-state index in [2.05, 4.69) is 10.6 Å². The molecule has 2 aromatic carbocycles. The highest BCUT2D eigenvalue weighted by Crippen LogP contribution is 2.34. The molecule has 4 rings (SSSR count). The average Bonchev–Trinajstić information content (AvgIpc) is 2.99. The van der Waals surface area contributed by atoms with Gasteiger partial charge in [-0.25, -0.2) is 0 Å². The number of carbonyl (C=O) groups is 1. The van der Waals surface area contributed by atoms with Gasteiger partial charge in [-0.2, -0.15) is 0 Å². The van der Waals surface area contributed by atoms with Crippen molar-refractivity contribution in [2.45, 2.75) is 6.17 Å². The zero-order chi connectivity index (χ0) is 17.4. The van der Waals surface area contributed by atoms with Crippen molar-refractivity contribution in [2.75, 3.05) is 12.4 Å². The van der Waals surface area contributed by atoms with Gasteiger partial charge in [0.25, 0.3) is 5.91 Å². The maximum Gasteiger partial charge on any atom is 0.267 e. The van der Waals surface area contributed by atoms with Gasteiger partial charge in [0.15, 0.2) is 3.95 Å². The predicted octanol–water partition coefficient (Wildman–Crippen LogP) is 4.13. The maximum absolute atomic E-state index is 12.6. The highest BCUT2D eigenvalue weighted by molar-refractivity contribution is 7.73. The zero-order valence-corrected chi connectivity index (χ0v) is 15.0. The monoisotopic (exact) mass is 369 g/mol. The molecule has 1 aromatic heterocycles. The van der Waals surface area contributed by atoms with Gasteiger partial charge in [-0.15, -0.1) is 0 Å². The number of rotatable bonds is 3. The number of aromatic nitrogens is 1. The summed E-state index contributed by atoms with van der Waals surface area (Å²) in [5, 5.41) is 6.38.